The Balaban J connectivity index is 1.69. The Morgan fingerprint density at radius 2 is 1.85 bits per heavy atom. The molecule has 0 aliphatic rings. The van der Waals surface area contributed by atoms with Crippen molar-refractivity contribution in [3.05, 3.63) is 70.5 Å². The molecule has 0 aliphatic heterocycles. The van der Waals surface area contributed by atoms with Gasteiger partial charge in [0.1, 0.15) is 0 Å². The lowest BCUT2D eigenvalue weighted by atomic mass is 10.0. The number of ether oxygens (including phenoxy) is 1. The van der Waals surface area contributed by atoms with Crippen LogP contribution in [0.2, 0.25) is 5.02 Å². The number of nitrogens with zero attached hydrogens (tertiary/aromatic N) is 3. The van der Waals surface area contributed by atoms with Gasteiger partial charge < -0.3 is 19.9 Å². The zero-order chi connectivity index (χ0) is 28.4. The molecule has 39 heavy (non-hydrogen) atoms. The maximum Gasteiger partial charge on any atom is 0.338 e. The third kappa shape index (κ3) is 8.56. The van der Waals surface area contributed by atoms with Gasteiger partial charge in [0, 0.05) is 12.2 Å². The summed E-state index contributed by atoms with van der Waals surface area (Å²) in [7, 11) is 0. The zero-order valence-corrected chi connectivity index (χ0v) is 24.1. The maximum absolute atomic E-state index is 13.0. The number of halogens is 1. The quantitative estimate of drug-likeness (QED) is 0.198. The Morgan fingerprint density at radius 3 is 2.54 bits per heavy atom. The molecule has 1 heterocycles. The number of nitrogens with one attached hydrogen (secondary N) is 2. The lowest BCUT2D eigenvalue weighted by Crippen LogP contribution is -2.31. The molecule has 2 amide bonds. The van der Waals surface area contributed by atoms with E-state index in [4.69, 9.17) is 16.3 Å². The SMILES string of the molecule is CCCOC(=O)c1cccc(NC(=O)CSc2nnc([C@@H](CC(C)C)NC(=O)c3ccccc3Cl)n2CC)c1. The second kappa shape index (κ2) is 14.7. The van der Waals surface area contributed by atoms with Crippen LogP contribution in [-0.4, -0.2) is 44.9 Å². The summed E-state index contributed by atoms with van der Waals surface area (Å²) in [6.45, 7) is 8.92. The number of benzene rings is 2. The minimum atomic E-state index is -0.427. The van der Waals surface area contributed by atoms with Crippen LogP contribution in [0.5, 0.6) is 0 Å². The third-order valence-electron chi connectivity index (χ3n) is 5.66. The number of hydrogen-bond donors (Lipinski definition) is 2. The lowest BCUT2D eigenvalue weighted by molar-refractivity contribution is -0.113. The second-order valence-electron chi connectivity index (χ2n) is 9.27. The van der Waals surface area contributed by atoms with Crippen molar-refractivity contribution < 1.29 is 19.1 Å². The minimum Gasteiger partial charge on any atom is -0.462 e. The van der Waals surface area contributed by atoms with E-state index in [9.17, 15) is 14.4 Å². The van der Waals surface area contributed by atoms with E-state index >= 15 is 0 Å². The molecule has 0 saturated carbocycles. The minimum absolute atomic E-state index is 0.0868. The van der Waals surface area contributed by atoms with Crippen molar-refractivity contribution in [1.29, 1.82) is 0 Å². The monoisotopic (exact) mass is 571 g/mol. The van der Waals surface area contributed by atoms with E-state index < -0.39 is 5.97 Å². The van der Waals surface area contributed by atoms with E-state index in [2.05, 4.69) is 34.7 Å². The normalized spacial score (nSPS) is 11.7. The Kier molecular flexibility index (Phi) is 11.4. The molecule has 11 heteroatoms. The summed E-state index contributed by atoms with van der Waals surface area (Å²) >= 11 is 7.48. The van der Waals surface area contributed by atoms with Gasteiger partial charge in [-0.1, -0.05) is 62.3 Å². The highest BCUT2D eigenvalue weighted by Gasteiger charge is 2.25. The lowest BCUT2D eigenvalue weighted by Gasteiger charge is -2.21. The van der Waals surface area contributed by atoms with Crippen molar-refractivity contribution in [2.45, 2.75) is 58.3 Å². The van der Waals surface area contributed by atoms with Crippen LogP contribution in [0.3, 0.4) is 0 Å². The highest BCUT2D eigenvalue weighted by atomic mass is 35.5. The highest BCUT2D eigenvalue weighted by Crippen LogP contribution is 2.26. The maximum atomic E-state index is 13.0. The van der Waals surface area contributed by atoms with Crippen molar-refractivity contribution in [2.75, 3.05) is 17.7 Å². The summed E-state index contributed by atoms with van der Waals surface area (Å²) in [5, 5.41) is 15.5. The Labute approximate surface area is 238 Å². The van der Waals surface area contributed by atoms with E-state index in [1.54, 1.807) is 48.5 Å². The smallest absolute Gasteiger partial charge is 0.338 e. The summed E-state index contributed by atoms with van der Waals surface area (Å²) in [6, 6.07) is 13.1. The number of hydrogen-bond acceptors (Lipinski definition) is 7. The molecule has 1 atom stereocenters. The average Bonchev–Trinajstić information content (AvgIpc) is 3.33. The molecule has 208 valence electrons. The number of esters is 1. The van der Waals surface area contributed by atoms with E-state index in [-0.39, 0.29) is 29.5 Å². The number of thioether (sulfide) groups is 1. The second-order valence-corrected chi connectivity index (χ2v) is 10.6. The van der Waals surface area contributed by atoms with Crippen LogP contribution in [-0.2, 0) is 16.1 Å². The third-order valence-corrected chi connectivity index (χ3v) is 6.95. The molecular weight excluding hydrogens is 538 g/mol. The first-order valence-corrected chi connectivity index (χ1v) is 14.3. The van der Waals surface area contributed by atoms with Crippen LogP contribution in [0, 0.1) is 5.92 Å². The zero-order valence-electron chi connectivity index (χ0n) is 22.6. The van der Waals surface area contributed by atoms with E-state index in [1.807, 2.05) is 18.4 Å². The number of amides is 2. The van der Waals surface area contributed by atoms with Crippen molar-refractivity contribution in [2.24, 2.45) is 5.92 Å². The molecule has 0 fully saturated rings. The molecule has 1 aromatic heterocycles. The number of aromatic nitrogens is 3. The number of carbonyl (C=O) groups is 3. The Hall–Kier alpha value is -3.37. The largest absolute Gasteiger partial charge is 0.462 e. The van der Waals surface area contributed by atoms with Gasteiger partial charge in [0.2, 0.25) is 5.91 Å². The van der Waals surface area contributed by atoms with Gasteiger partial charge in [-0.15, -0.1) is 10.2 Å². The summed E-state index contributed by atoms with van der Waals surface area (Å²) in [5.41, 5.74) is 1.27. The first-order chi connectivity index (χ1) is 18.7. The number of rotatable bonds is 13. The molecule has 0 bridgehead atoms. The van der Waals surface area contributed by atoms with Crippen LogP contribution in [0.1, 0.15) is 73.1 Å². The summed E-state index contributed by atoms with van der Waals surface area (Å²) in [6.07, 6.45) is 1.38. The van der Waals surface area contributed by atoms with Gasteiger partial charge >= 0.3 is 5.97 Å². The van der Waals surface area contributed by atoms with Crippen LogP contribution >= 0.6 is 23.4 Å². The molecule has 0 radical (unpaired) electrons. The summed E-state index contributed by atoms with van der Waals surface area (Å²) in [4.78, 5) is 37.8. The van der Waals surface area contributed by atoms with Gasteiger partial charge in [-0.2, -0.15) is 0 Å². The van der Waals surface area contributed by atoms with Crippen molar-refractivity contribution in [3.8, 4) is 0 Å². The van der Waals surface area contributed by atoms with E-state index in [1.165, 1.54) is 11.8 Å². The van der Waals surface area contributed by atoms with E-state index in [0.717, 1.165) is 6.42 Å². The number of anilines is 1. The van der Waals surface area contributed by atoms with Gasteiger partial charge in [-0.05, 0) is 56.0 Å². The van der Waals surface area contributed by atoms with Crippen molar-refractivity contribution >= 4 is 46.8 Å². The summed E-state index contributed by atoms with van der Waals surface area (Å²) < 4.78 is 7.07. The first kappa shape index (κ1) is 30.2. The number of carbonyl (C=O) groups excluding carboxylic acids is 3. The standard InChI is InChI=1S/C28H34ClN5O4S/c1-5-14-38-27(37)19-10-9-11-20(16-19)30-24(35)17-39-28-33-32-25(34(28)6-2)23(15-18(3)4)31-26(36)21-12-7-8-13-22(21)29/h7-13,16,18,23H,5-6,14-15,17H2,1-4H3,(H,30,35)(H,31,36)/t23-/m1/s1. The average molecular weight is 572 g/mol. The molecule has 9 nitrogen and oxygen atoms in total. The van der Waals surface area contributed by atoms with Gasteiger partial charge in [-0.3, -0.25) is 9.59 Å². The molecule has 2 aromatic carbocycles. The molecule has 2 N–H and O–H groups in total. The van der Waals surface area contributed by atoms with Crippen LogP contribution in [0.15, 0.2) is 53.7 Å². The molecule has 0 saturated heterocycles. The highest BCUT2D eigenvalue weighted by molar-refractivity contribution is 7.99. The fourth-order valence-corrected chi connectivity index (χ4v) is 4.90. The summed E-state index contributed by atoms with van der Waals surface area (Å²) in [5.74, 6) is 0.0174. The Morgan fingerprint density at radius 1 is 1.08 bits per heavy atom. The van der Waals surface area contributed by atoms with Crippen molar-refractivity contribution in [3.63, 3.8) is 0 Å². The fraction of sp³-hybridized carbons (Fsp3) is 0.393. The van der Waals surface area contributed by atoms with E-state index in [0.29, 0.717) is 52.4 Å². The van der Waals surface area contributed by atoms with Gasteiger partial charge in [0.05, 0.1) is 34.6 Å². The molecule has 0 unspecified atom stereocenters. The molecule has 0 aliphatic carbocycles. The Bertz CT molecular complexity index is 1300. The van der Waals surface area contributed by atoms with Crippen molar-refractivity contribution in [1.82, 2.24) is 20.1 Å². The molecule has 0 spiro atoms. The van der Waals surface area contributed by atoms with Crippen LogP contribution in [0.25, 0.3) is 0 Å². The molecular formula is C28H34ClN5O4S. The van der Waals surface area contributed by atoms with Gasteiger partial charge in [-0.25, -0.2) is 4.79 Å². The van der Waals surface area contributed by atoms with Gasteiger partial charge in [0.25, 0.3) is 5.91 Å². The predicted molar refractivity (Wildman–Crippen MR) is 153 cm³/mol. The van der Waals surface area contributed by atoms with Gasteiger partial charge in [0.15, 0.2) is 11.0 Å². The predicted octanol–water partition coefficient (Wildman–Crippen LogP) is 5.77. The van der Waals surface area contributed by atoms with Crippen LogP contribution in [0.4, 0.5) is 5.69 Å². The fourth-order valence-electron chi connectivity index (χ4n) is 3.87. The molecule has 3 aromatic rings. The van der Waals surface area contributed by atoms with Crippen LogP contribution < -0.4 is 10.6 Å². The first-order valence-electron chi connectivity index (χ1n) is 12.9. The molecule has 3 rings (SSSR count). The topological polar surface area (TPSA) is 115 Å².